The van der Waals surface area contributed by atoms with E-state index in [4.69, 9.17) is 5.11 Å². The van der Waals surface area contributed by atoms with Crippen molar-refractivity contribution in [1.82, 2.24) is 9.88 Å². The van der Waals surface area contributed by atoms with Crippen LogP contribution in [0.5, 0.6) is 0 Å². The molecule has 0 spiro atoms. The number of benzene rings is 1. The Hall–Kier alpha value is -2.83. The fourth-order valence-corrected chi connectivity index (χ4v) is 2.92. The Labute approximate surface area is 158 Å². The van der Waals surface area contributed by atoms with Gasteiger partial charge in [-0.05, 0) is 36.1 Å². The van der Waals surface area contributed by atoms with Crippen LogP contribution in [-0.4, -0.2) is 33.5 Å². The molecule has 1 aromatic heterocycles. The molecule has 146 valence electrons. The van der Waals surface area contributed by atoms with Gasteiger partial charge in [0, 0.05) is 29.2 Å². The third-order valence-corrected chi connectivity index (χ3v) is 4.20. The number of hydrogen-bond donors (Lipinski definition) is 3. The lowest BCUT2D eigenvalue weighted by Crippen LogP contribution is -2.47. The molecule has 1 unspecified atom stereocenters. The topological polar surface area (TPSA) is 100 Å². The second-order valence-electron chi connectivity index (χ2n) is 7.49. The zero-order valence-electron chi connectivity index (χ0n) is 16.2. The summed E-state index contributed by atoms with van der Waals surface area (Å²) in [6, 6.07) is 6.47. The van der Waals surface area contributed by atoms with Crippen LogP contribution in [0.15, 0.2) is 30.5 Å². The van der Waals surface area contributed by atoms with Crippen molar-refractivity contribution in [1.29, 1.82) is 0 Å². The van der Waals surface area contributed by atoms with Crippen molar-refractivity contribution in [2.75, 3.05) is 5.32 Å². The standard InChI is InChI=1S/C20H27N3O4/c1-12(2)9-17(24)22-19(13(3)4)20(27)21-15-5-6-16-14(10-15)7-8-23(16)11-18(25)26/h5-8,10,12-13,19H,9,11H2,1-4H3,(H,21,27)(H,22,24)(H,25,26). The van der Waals surface area contributed by atoms with Gasteiger partial charge in [-0.15, -0.1) is 0 Å². The lowest BCUT2D eigenvalue weighted by molar-refractivity contribution is -0.137. The van der Waals surface area contributed by atoms with Gasteiger partial charge in [0.05, 0.1) is 0 Å². The molecule has 0 aliphatic heterocycles. The molecule has 0 aliphatic rings. The number of hydrogen-bond acceptors (Lipinski definition) is 3. The van der Waals surface area contributed by atoms with Crippen molar-refractivity contribution < 1.29 is 19.5 Å². The van der Waals surface area contributed by atoms with Crippen molar-refractivity contribution in [2.45, 2.75) is 46.7 Å². The maximum absolute atomic E-state index is 12.7. The monoisotopic (exact) mass is 373 g/mol. The van der Waals surface area contributed by atoms with Crippen LogP contribution in [0.25, 0.3) is 10.9 Å². The molecule has 2 amide bonds. The first-order chi connectivity index (χ1) is 12.7. The molecule has 7 nitrogen and oxygen atoms in total. The maximum Gasteiger partial charge on any atom is 0.323 e. The van der Waals surface area contributed by atoms with E-state index in [1.165, 1.54) is 0 Å². The van der Waals surface area contributed by atoms with Gasteiger partial charge in [-0.2, -0.15) is 0 Å². The minimum absolute atomic E-state index is 0.0542. The fraction of sp³-hybridized carbons (Fsp3) is 0.450. The molecule has 0 bridgehead atoms. The van der Waals surface area contributed by atoms with Gasteiger partial charge in [0.1, 0.15) is 12.6 Å². The quantitative estimate of drug-likeness (QED) is 0.662. The van der Waals surface area contributed by atoms with Gasteiger partial charge >= 0.3 is 5.97 Å². The Kier molecular flexibility index (Phi) is 6.60. The van der Waals surface area contributed by atoms with Crippen LogP contribution in [0.2, 0.25) is 0 Å². The maximum atomic E-state index is 12.7. The van der Waals surface area contributed by atoms with Gasteiger partial charge in [-0.1, -0.05) is 27.7 Å². The van der Waals surface area contributed by atoms with E-state index in [9.17, 15) is 14.4 Å². The second-order valence-corrected chi connectivity index (χ2v) is 7.49. The molecule has 1 atom stereocenters. The van der Waals surface area contributed by atoms with Crippen molar-refractivity contribution in [2.24, 2.45) is 11.8 Å². The predicted octanol–water partition coefficient (Wildman–Crippen LogP) is 2.85. The molecule has 2 rings (SSSR count). The Morgan fingerprint density at radius 2 is 1.81 bits per heavy atom. The predicted molar refractivity (Wildman–Crippen MR) is 104 cm³/mol. The van der Waals surface area contributed by atoms with Crippen molar-refractivity contribution in [3.8, 4) is 0 Å². The highest BCUT2D eigenvalue weighted by Crippen LogP contribution is 2.21. The van der Waals surface area contributed by atoms with Crippen LogP contribution < -0.4 is 10.6 Å². The Balaban J connectivity index is 2.12. The highest BCUT2D eigenvalue weighted by atomic mass is 16.4. The van der Waals surface area contributed by atoms with Crippen LogP contribution in [0, 0.1) is 11.8 Å². The molecule has 2 aromatic rings. The molecule has 3 N–H and O–H groups in total. The van der Waals surface area contributed by atoms with E-state index in [0.29, 0.717) is 12.1 Å². The molecule has 0 aliphatic carbocycles. The van der Waals surface area contributed by atoms with E-state index < -0.39 is 12.0 Å². The minimum atomic E-state index is -0.915. The summed E-state index contributed by atoms with van der Waals surface area (Å²) in [6.45, 7) is 7.56. The molecule has 1 heterocycles. The summed E-state index contributed by atoms with van der Waals surface area (Å²) >= 11 is 0. The number of carbonyl (C=O) groups excluding carboxylic acids is 2. The highest BCUT2D eigenvalue weighted by molar-refractivity contribution is 5.99. The summed E-state index contributed by atoms with van der Waals surface area (Å²) < 4.78 is 1.63. The lowest BCUT2D eigenvalue weighted by Gasteiger charge is -2.22. The van der Waals surface area contributed by atoms with Gasteiger partial charge in [-0.25, -0.2) is 0 Å². The average molecular weight is 373 g/mol. The molecular weight excluding hydrogens is 346 g/mol. The first kappa shape index (κ1) is 20.5. The van der Waals surface area contributed by atoms with E-state index in [1.54, 1.807) is 35.0 Å². The van der Waals surface area contributed by atoms with Crippen LogP contribution in [0.1, 0.15) is 34.1 Å². The lowest BCUT2D eigenvalue weighted by atomic mass is 10.0. The fourth-order valence-electron chi connectivity index (χ4n) is 2.92. The molecular formula is C20H27N3O4. The Morgan fingerprint density at radius 3 is 2.41 bits per heavy atom. The normalized spacial score (nSPS) is 12.4. The summed E-state index contributed by atoms with van der Waals surface area (Å²) in [5, 5.41) is 15.4. The van der Waals surface area contributed by atoms with Crippen molar-refractivity contribution in [3.05, 3.63) is 30.5 Å². The third-order valence-electron chi connectivity index (χ3n) is 4.20. The van der Waals surface area contributed by atoms with Gasteiger partial charge < -0.3 is 20.3 Å². The number of carbonyl (C=O) groups is 3. The largest absolute Gasteiger partial charge is 0.480 e. The zero-order chi connectivity index (χ0) is 20.1. The number of nitrogens with zero attached hydrogens (tertiary/aromatic N) is 1. The third kappa shape index (κ3) is 5.57. The van der Waals surface area contributed by atoms with Crippen LogP contribution in [-0.2, 0) is 20.9 Å². The molecule has 0 fully saturated rings. The van der Waals surface area contributed by atoms with E-state index in [1.807, 2.05) is 27.7 Å². The summed E-state index contributed by atoms with van der Waals surface area (Å²) in [5.74, 6) is -1.16. The van der Waals surface area contributed by atoms with E-state index >= 15 is 0 Å². The molecule has 7 heteroatoms. The van der Waals surface area contributed by atoms with Gasteiger partial charge in [-0.3, -0.25) is 14.4 Å². The number of amides is 2. The number of aliphatic carboxylic acids is 1. The molecule has 27 heavy (non-hydrogen) atoms. The van der Waals surface area contributed by atoms with Crippen molar-refractivity contribution in [3.63, 3.8) is 0 Å². The van der Waals surface area contributed by atoms with Crippen LogP contribution >= 0.6 is 0 Å². The molecule has 1 aromatic carbocycles. The summed E-state index contributed by atoms with van der Waals surface area (Å²) in [4.78, 5) is 35.6. The van der Waals surface area contributed by atoms with E-state index in [-0.39, 0.29) is 30.2 Å². The summed E-state index contributed by atoms with van der Waals surface area (Å²) in [5.41, 5.74) is 1.38. The average Bonchev–Trinajstić information content (AvgIpc) is 2.93. The number of carboxylic acids is 1. The second kappa shape index (κ2) is 8.70. The summed E-state index contributed by atoms with van der Waals surface area (Å²) in [7, 11) is 0. The number of fused-ring (bicyclic) bond motifs is 1. The smallest absolute Gasteiger partial charge is 0.323 e. The van der Waals surface area contributed by atoms with E-state index in [0.717, 1.165) is 10.9 Å². The minimum Gasteiger partial charge on any atom is -0.480 e. The first-order valence-electron chi connectivity index (χ1n) is 9.08. The zero-order valence-corrected chi connectivity index (χ0v) is 16.2. The first-order valence-corrected chi connectivity index (χ1v) is 9.08. The van der Waals surface area contributed by atoms with Gasteiger partial charge in [0.15, 0.2) is 0 Å². The number of rotatable bonds is 8. The molecule has 0 saturated carbocycles. The van der Waals surface area contributed by atoms with Gasteiger partial charge in [0.2, 0.25) is 11.8 Å². The number of anilines is 1. The SMILES string of the molecule is CC(C)CC(=O)NC(C(=O)Nc1ccc2c(ccn2CC(=O)O)c1)C(C)C. The van der Waals surface area contributed by atoms with Crippen LogP contribution in [0.4, 0.5) is 5.69 Å². The number of nitrogens with one attached hydrogen (secondary N) is 2. The summed E-state index contributed by atoms with van der Waals surface area (Å²) in [6.07, 6.45) is 2.08. The Bertz CT molecular complexity index is 839. The van der Waals surface area contributed by atoms with Crippen LogP contribution in [0.3, 0.4) is 0 Å². The van der Waals surface area contributed by atoms with Crippen molar-refractivity contribution >= 4 is 34.4 Å². The highest BCUT2D eigenvalue weighted by Gasteiger charge is 2.24. The number of aromatic nitrogens is 1. The van der Waals surface area contributed by atoms with E-state index in [2.05, 4.69) is 10.6 Å². The molecule has 0 radical (unpaired) electrons. The molecule has 0 saturated heterocycles. The number of carboxylic acid groups (broad SMARTS) is 1. The Morgan fingerprint density at radius 1 is 1.11 bits per heavy atom. The van der Waals surface area contributed by atoms with Gasteiger partial charge in [0.25, 0.3) is 0 Å².